The molecule has 0 spiro atoms. The molecular weight excluding hydrogens is 420 g/mol. The van der Waals surface area contributed by atoms with Crippen LogP contribution in [0.25, 0.3) is 11.0 Å². The number of amides is 2. The number of aromatic amines is 1. The summed E-state index contributed by atoms with van der Waals surface area (Å²) in [7, 11) is 0. The molecule has 3 heterocycles. The van der Waals surface area contributed by atoms with Crippen molar-refractivity contribution in [3.8, 4) is 0 Å². The molecule has 0 radical (unpaired) electrons. The van der Waals surface area contributed by atoms with E-state index in [-0.39, 0.29) is 30.0 Å². The predicted octanol–water partition coefficient (Wildman–Crippen LogP) is 2.53. The number of imidazole rings is 1. The Kier molecular flexibility index (Phi) is 6.86. The number of benzene rings is 1. The fourth-order valence-corrected chi connectivity index (χ4v) is 4.45. The number of carbonyl (C=O) groups excluding carboxylic acids is 2. The highest BCUT2D eigenvalue weighted by Gasteiger charge is 2.27. The molecule has 0 unspecified atom stereocenters. The number of piperidine rings is 1. The third-order valence-electron chi connectivity index (χ3n) is 6.18. The van der Waals surface area contributed by atoms with Gasteiger partial charge in [-0.15, -0.1) is 0 Å². The van der Waals surface area contributed by atoms with Crippen LogP contribution in [0.5, 0.6) is 0 Å². The van der Waals surface area contributed by atoms with Crippen LogP contribution in [0.2, 0.25) is 0 Å². The van der Waals surface area contributed by atoms with E-state index in [9.17, 15) is 14.4 Å². The minimum Gasteiger partial charge on any atom is -0.342 e. The minimum atomic E-state index is -0.199. The van der Waals surface area contributed by atoms with Crippen molar-refractivity contribution in [2.75, 3.05) is 26.2 Å². The van der Waals surface area contributed by atoms with Gasteiger partial charge in [0.05, 0.1) is 22.9 Å². The molecule has 1 saturated heterocycles. The molecule has 0 atom stereocenters. The number of nitrogens with zero attached hydrogens (tertiary/aromatic N) is 5. The number of rotatable bonds is 7. The average Bonchev–Trinajstić information content (AvgIpc) is 3.17. The number of hydrogen-bond acceptors (Lipinski definition) is 5. The van der Waals surface area contributed by atoms with E-state index in [2.05, 4.69) is 15.0 Å². The van der Waals surface area contributed by atoms with Crippen LogP contribution in [0.1, 0.15) is 54.8 Å². The van der Waals surface area contributed by atoms with E-state index < -0.39 is 0 Å². The molecule has 4 rings (SSSR count). The Morgan fingerprint density at radius 1 is 1.12 bits per heavy atom. The van der Waals surface area contributed by atoms with E-state index in [0.717, 1.165) is 36.0 Å². The van der Waals surface area contributed by atoms with E-state index in [1.54, 1.807) is 11.1 Å². The first kappa shape index (κ1) is 22.7. The molecule has 3 aromatic rings. The van der Waals surface area contributed by atoms with Crippen molar-refractivity contribution in [1.29, 1.82) is 0 Å². The monoisotopic (exact) mass is 450 g/mol. The van der Waals surface area contributed by atoms with Crippen LogP contribution >= 0.6 is 0 Å². The maximum Gasteiger partial charge on any atom is 0.326 e. The number of H-pyrrole nitrogens is 1. The number of para-hydroxylation sites is 2. The van der Waals surface area contributed by atoms with Crippen LogP contribution in [0, 0.1) is 6.92 Å². The van der Waals surface area contributed by atoms with E-state index in [1.165, 1.54) is 6.20 Å². The largest absolute Gasteiger partial charge is 0.342 e. The number of aromatic nitrogens is 4. The molecule has 1 N–H and O–H groups in total. The van der Waals surface area contributed by atoms with Crippen molar-refractivity contribution in [1.82, 2.24) is 29.3 Å². The normalized spacial score (nSPS) is 14.5. The lowest BCUT2D eigenvalue weighted by Gasteiger charge is -2.33. The molecule has 33 heavy (non-hydrogen) atoms. The van der Waals surface area contributed by atoms with E-state index in [4.69, 9.17) is 0 Å². The highest BCUT2D eigenvalue weighted by molar-refractivity contribution is 5.92. The van der Waals surface area contributed by atoms with Crippen molar-refractivity contribution in [3.05, 3.63) is 58.5 Å². The molecular formula is C24H30N6O3. The summed E-state index contributed by atoms with van der Waals surface area (Å²) < 4.78 is 1.82. The molecule has 174 valence electrons. The SMILES string of the molecule is CCCN(CCC(=O)N1CCC(n2c(=O)[nH]c3ccccc32)CC1)C(=O)c1cnc(C)cn1. The lowest BCUT2D eigenvalue weighted by atomic mass is 10.0. The first-order valence-electron chi connectivity index (χ1n) is 11.5. The third-order valence-corrected chi connectivity index (χ3v) is 6.18. The van der Waals surface area contributed by atoms with E-state index in [1.807, 2.05) is 47.6 Å². The lowest BCUT2D eigenvalue weighted by Crippen LogP contribution is -2.42. The molecule has 1 aliphatic heterocycles. The van der Waals surface area contributed by atoms with Gasteiger partial charge in [0.25, 0.3) is 5.91 Å². The van der Waals surface area contributed by atoms with E-state index in [0.29, 0.717) is 31.9 Å². The zero-order valence-electron chi connectivity index (χ0n) is 19.2. The number of aryl methyl sites for hydroxylation is 1. The average molecular weight is 451 g/mol. The fraction of sp³-hybridized carbons (Fsp3) is 0.458. The molecule has 0 saturated carbocycles. The van der Waals surface area contributed by atoms with Crippen molar-refractivity contribution >= 4 is 22.8 Å². The molecule has 1 aliphatic rings. The van der Waals surface area contributed by atoms with Gasteiger partial charge in [-0.25, -0.2) is 9.78 Å². The number of fused-ring (bicyclic) bond motifs is 1. The number of carbonyl (C=O) groups is 2. The highest BCUT2D eigenvalue weighted by atomic mass is 16.2. The highest BCUT2D eigenvalue weighted by Crippen LogP contribution is 2.25. The van der Waals surface area contributed by atoms with Crippen LogP contribution in [0.15, 0.2) is 41.5 Å². The molecule has 2 aromatic heterocycles. The van der Waals surface area contributed by atoms with Crippen LogP contribution in [-0.4, -0.2) is 67.3 Å². The van der Waals surface area contributed by atoms with Crippen LogP contribution in [0.4, 0.5) is 0 Å². The van der Waals surface area contributed by atoms with Crippen molar-refractivity contribution in [2.24, 2.45) is 0 Å². The molecule has 0 aliphatic carbocycles. The molecule has 1 aromatic carbocycles. The van der Waals surface area contributed by atoms with Gasteiger partial charge < -0.3 is 14.8 Å². The standard InChI is InChI=1S/C24H30N6O3/c1-3-11-29(23(32)20-16-25-17(2)15-26-20)14-10-22(31)28-12-8-18(9-13-28)30-21-7-5-4-6-19(21)27-24(30)33/h4-7,15-16,18H,3,8-14H2,1-2H3,(H,27,33). The fourth-order valence-electron chi connectivity index (χ4n) is 4.45. The van der Waals surface area contributed by atoms with Gasteiger partial charge >= 0.3 is 5.69 Å². The van der Waals surface area contributed by atoms with Gasteiger partial charge in [-0.1, -0.05) is 19.1 Å². The summed E-state index contributed by atoms with van der Waals surface area (Å²) >= 11 is 0. The topological polar surface area (TPSA) is 104 Å². The zero-order chi connectivity index (χ0) is 23.4. The second-order valence-electron chi connectivity index (χ2n) is 8.51. The predicted molar refractivity (Wildman–Crippen MR) is 125 cm³/mol. The Bertz CT molecular complexity index is 1170. The van der Waals surface area contributed by atoms with Crippen LogP contribution in [0.3, 0.4) is 0 Å². The van der Waals surface area contributed by atoms with Crippen molar-refractivity contribution in [3.63, 3.8) is 0 Å². The zero-order valence-corrected chi connectivity index (χ0v) is 19.2. The summed E-state index contributed by atoms with van der Waals surface area (Å²) in [6, 6.07) is 7.74. The summed E-state index contributed by atoms with van der Waals surface area (Å²) in [6.07, 6.45) is 5.58. The van der Waals surface area contributed by atoms with Gasteiger partial charge in [0, 0.05) is 44.8 Å². The number of hydrogen-bond donors (Lipinski definition) is 1. The molecule has 2 amide bonds. The van der Waals surface area contributed by atoms with Gasteiger partial charge in [-0.3, -0.25) is 19.1 Å². The Hall–Kier alpha value is -3.49. The molecule has 1 fully saturated rings. The smallest absolute Gasteiger partial charge is 0.326 e. The van der Waals surface area contributed by atoms with Gasteiger partial charge in [-0.05, 0) is 38.3 Å². The van der Waals surface area contributed by atoms with Crippen LogP contribution in [-0.2, 0) is 4.79 Å². The van der Waals surface area contributed by atoms with Gasteiger partial charge in [0.1, 0.15) is 5.69 Å². The number of nitrogens with one attached hydrogen (secondary N) is 1. The van der Waals surface area contributed by atoms with E-state index >= 15 is 0 Å². The first-order valence-corrected chi connectivity index (χ1v) is 11.5. The number of likely N-dealkylation sites (tertiary alicyclic amines) is 1. The summed E-state index contributed by atoms with van der Waals surface area (Å²) in [5.74, 6) is -0.168. The quantitative estimate of drug-likeness (QED) is 0.596. The lowest BCUT2D eigenvalue weighted by molar-refractivity contribution is -0.132. The maximum atomic E-state index is 12.9. The summed E-state index contributed by atoms with van der Waals surface area (Å²) in [4.78, 5) is 52.9. The first-order chi connectivity index (χ1) is 16.0. The Morgan fingerprint density at radius 2 is 1.88 bits per heavy atom. The third kappa shape index (κ3) is 4.97. The van der Waals surface area contributed by atoms with Crippen molar-refractivity contribution < 1.29 is 9.59 Å². The van der Waals surface area contributed by atoms with Gasteiger partial charge in [0.15, 0.2) is 0 Å². The molecule has 9 heteroatoms. The second-order valence-corrected chi connectivity index (χ2v) is 8.51. The Balaban J connectivity index is 1.34. The molecule has 9 nitrogen and oxygen atoms in total. The maximum absolute atomic E-state index is 12.9. The van der Waals surface area contributed by atoms with Crippen molar-refractivity contribution in [2.45, 2.75) is 45.6 Å². The second kappa shape index (κ2) is 9.97. The summed E-state index contributed by atoms with van der Waals surface area (Å²) in [6.45, 7) is 5.93. The van der Waals surface area contributed by atoms with Gasteiger partial charge in [0.2, 0.25) is 5.91 Å². The summed E-state index contributed by atoms with van der Waals surface area (Å²) in [5, 5.41) is 0. The molecule has 0 bridgehead atoms. The van der Waals surface area contributed by atoms with Crippen LogP contribution < -0.4 is 5.69 Å². The minimum absolute atomic E-state index is 0.0311. The Labute approximate surface area is 192 Å². The Morgan fingerprint density at radius 3 is 2.58 bits per heavy atom. The summed E-state index contributed by atoms with van der Waals surface area (Å²) in [5.41, 5.74) is 2.68. The van der Waals surface area contributed by atoms with Gasteiger partial charge in [-0.2, -0.15) is 0 Å².